The van der Waals surface area contributed by atoms with Crippen molar-refractivity contribution in [3.05, 3.63) is 0 Å². The third kappa shape index (κ3) is 3.10. The van der Waals surface area contributed by atoms with Gasteiger partial charge in [0.1, 0.15) is 0 Å². The van der Waals surface area contributed by atoms with Gasteiger partial charge in [0.15, 0.2) is 0 Å². The van der Waals surface area contributed by atoms with Gasteiger partial charge in [0, 0.05) is 42.6 Å². The molecule has 2 aliphatic heterocycles. The summed E-state index contributed by atoms with van der Waals surface area (Å²) in [5.74, 6) is 0.340. The third-order valence-electron chi connectivity index (χ3n) is 3.39. The molecule has 2 aliphatic rings. The van der Waals surface area contributed by atoms with E-state index in [2.05, 4.69) is 13.8 Å². The van der Waals surface area contributed by atoms with Crippen LogP contribution in [0.1, 0.15) is 20.3 Å². The number of amides is 2. The zero-order valence-corrected chi connectivity index (χ0v) is 11.7. The first-order valence-electron chi connectivity index (χ1n) is 6.27. The minimum Gasteiger partial charge on any atom is -0.481 e. The molecule has 0 aromatic rings. The summed E-state index contributed by atoms with van der Waals surface area (Å²) < 4.78 is 0.124. The molecule has 0 aromatic carbocycles. The van der Waals surface area contributed by atoms with Crippen molar-refractivity contribution in [3.8, 4) is 0 Å². The van der Waals surface area contributed by atoms with E-state index in [4.69, 9.17) is 5.11 Å². The SMILES string of the molecule is CC1(C)CN(C(=O)N2CC(CC(=O)O)C2)CCS1. The predicted molar refractivity (Wildman–Crippen MR) is 70.8 cm³/mol. The van der Waals surface area contributed by atoms with Gasteiger partial charge in [-0.15, -0.1) is 0 Å². The Morgan fingerprint density at radius 1 is 1.33 bits per heavy atom. The van der Waals surface area contributed by atoms with Gasteiger partial charge in [-0.1, -0.05) is 0 Å². The van der Waals surface area contributed by atoms with Crippen LogP contribution in [0.25, 0.3) is 0 Å². The van der Waals surface area contributed by atoms with Crippen LogP contribution in [-0.4, -0.2) is 63.6 Å². The van der Waals surface area contributed by atoms with Crippen LogP contribution in [0.15, 0.2) is 0 Å². The molecule has 5 nitrogen and oxygen atoms in total. The van der Waals surface area contributed by atoms with Gasteiger partial charge in [0.05, 0.1) is 6.42 Å². The molecule has 0 aromatic heterocycles. The van der Waals surface area contributed by atoms with Crippen molar-refractivity contribution in [2.75, 3.05) is 31.9 Å². The molecule has 0 aliphatic carbocycles. The van der Waals surface area contributed by atoms with Crippen molar-refractivity contribution in [1.82, 2.24) is 9.80 Å². The maximum absolute atomic E-state index is 12.2. The molecule has 2 rings (SSSR count). The Morgan fingerprint density at radius 3 is 2.56 bits per heavy atom. The van der Waals surface area contributed by atoms with Crippen molar-refractivity contribution in [3.63, 3.8) is 0 Å². The van der Waals surface area contributed by atoms with Crippen molar-refractivity contribution in [2.45, 2.75) is 25.0 Å². The molecule has 0 bridgehead atoms. The Kier molecular flexibility index (Phi) is 3.75. The van der Waals surface area contributed by atoms with E-state index in [-0.39, 0.29) is 23.1 Å². The molecule has 2 amide bonds. The summed E-state index contributed by atoms with van der Waals surface area (Å²) in [5.41, 5.74) is 0. The zero-order chi connectivity index (χ0) is 13.3. The fraction of sp³-hybridized carbons (Fsp3) is 0.833. The smallest absolute Gasteiger partial charge is 0.320 e. The van der Waals surface area contributed by atoms with Crippen LogP contribution in [0.2, 0.25) is 0 Å². The number of likely N-dealkylation sites (tertiary alicyclic amines) is 1. The van der Waals surface area contributed by atoms with E-state index in [0.717, 1.165) is 18.8 Å². The molecule has 102 valence electrons. The number of carboxylic acids is 1. The van der Waals surface area contributed by atoms with Gasteiger partial charge >= 0.3 is 12.0 Å². The molecule has 0 spiro atoms. The summed E-state index contributed by atoms with van der Waals surface area (Å²) in [6, 6.07) is 0.0741. The highest BCUT2D eigenvalue weighted by Gasteiger charge is 2.37. The summed E-state index contributed by atoms with van der Waals surface area (Å²) in [6.45, 7) is 7.06. The molecule has 0 unspecified atom stereocenters. The van der Waals surface area contributed by atoms with E-state index < -0.39 is 5.97 Å². The topological polar surface area (TPSA) is 60.9 Å². The first-order chi connectivity index (χ1) is 8.37. The van der Waals surface area contributed by atoms with Crippen LogP contribution in [0, 0.1) is 5.92 Å². The normalized spacial score (nSPS) is 23.7. The molecule has 0 saturated carbocycles. The van der Waals surface area contributed by atoms with E-state index in [0.29, 0.717) is 13.1 Å². The number of nitrogens with zero attached hydrogens (tertiary/aromatic N) is 2. The largest absolute Gasteiger partial charge is 0.481 e. The van der Waals surface area contributed by atoms with E-state index in [1.165, 1.54) is 0 Å². The first kappa shape index (κ1) is 13.5. The molecule has 0 atom stereocenters. The zero-order valence-electron chi connectivity index (χ0n) is 10.9. The van der Waals surface area contributed by atoms with Crippen molar-refractivity contribution >= 4 is 23.8 Å². The Bertz CT molecular complexity index is 353. The first-order valence-corrected chi connectivity index (χ1v) is 7.25. The number of hydrogen-bond donors (Lipinski definition) is 1. The fourth-order valence-electron chi connectivity index (χ4n) is 2.48. The summed E-state index contributed by atoms with van der Waals surface area (Å²) >= 11 is 1.90. The van der Waals surface area contributed by atoms with Gasteiger partial charge in [-0.3, -0.25) is 4.79 Å². The Morgan fingerprint density at radius 2 is 2.00 bits per heavy atom. The summed E-state index contributed by atoms with van der Waals surface area (Å²) in [7, 11) is 0. The summed E-state index contributed by atoms with van der Waals surface area (Å²) in [5, 5.41) is 8.67. The maximum Gasteiger partial charge on any atom is 0.320 e. The molecule has 2 heterocycles. The van der Waals surface area contributed by atoms with E-state index in [9.17, 15) is 9.59 Å². The number of hydrogen-bond acceptors (Lipinski definition) is 3. The lowest BCUT2D eigenvalue weighted by molar-refractivity contribution is -0.139. The predicted octanol–water partition coefficient (Wildman–Crippen LogP) is 1.34. The molecular formula is C12H20N2O3S. The number of carbonyl (C=O) groups is 2. The summed E-state index contributed by atoms with van der Waals surface area (Å²) in [6.07, 6.45) is 0.172. The molecule has 1 N–H and O–H groups in total. The average molecular weight is 272 g/mol. The minimum absolute atomic E-state index is 0.0741. The van der Waals surface area contributed by atoms with Gasteiger partial charge in [0.2, 0.25) is 0 Å². The minimum atomic E-state index is -0.775. The molecule has 18 heavy (non-hydrogen) atoms. The fourth-order valence-corrected chi connectivity index (χ4v) is 3.59. The van der Waals surface area contributed by atoms with Gasteiger partial charge < -0.3 is 14.9 Å². The van der Waals surface area contributed by atoms with Gasteiger partial charge in [-0.2, -0.15) is 11.8 Å². The second-order valence-corrected chi connectivity index (χ2v) is 7.48. The molecular weight excluding hydrogens is 252 g/mol. The van der Waals surface area contributed by atoms with Crippen LogP contribution in [0.4, 0.5) is 4.79 Å². The molecule has 6 heteroatoms. The highest BCUT2D eigenvalue weighted by molar-refractivity contribution is 8.00. The van der Waals surface area contributed by atoms with Crippen LogP contribution in [0.3, 0.4) is 0 Å². The maximum atomic E-state index is 12.2. The monoisotopic (exact) mass is 272 g/mol. The third-order valence-corrected chi connectivity index (χ3v) is 4.68. The molecule has 0 radical (unpaired) electrons. The lowest BCUT2D eigenvalue weighted by Gasteiger charge is -2.45. The molecule has 2 fully saturated rings. The Balaban J connectivity index is 1.81. The quantitative estimate of drug-likeness (QED) is 0.824. The van der Waals surface area contributed by atoms with E-state index in [1.54, 1.807) is 4.90 Å². The van der Waals surface area contributed by atoms with Crippen LogP contribution in [-0.2, 0) is 4.79 Å². The van der Waals surface area contributed by atoms with E-state index in [1.807, 2.05) is 16.7 Å². The van der Waals surface area contributed by atoms with Gasteiger partial charge in [-0.25, -0.2) is 4.79 Å². The number of carboxylic acid groups (broad SMARTS) is 1. The number of urea groups is 1. The van der Waals surface area contributed by atoms with Crippen LogP contribution in [0.5, 0.6) is 0 Å². The van der Waals surface area contributed by atoms with Crippen molar-refractivity contribution in [1.29, 1.82) is 0 Å². The second-order valence-electron chi connectivity index (χ2n) is 5.68. The van der Waals surface area contributed by atoms with Gasteiger partial charge in [-0.05, 0) is 13.8 Å². The summed E-state index contributed by atoms with van der Waals surface area (Å²) in [4.78, 5) is 26.4. The highest BCUT2D eigenvalue weighted by atomic mass is 32.2. The lowest BCUT2D eigenvalue weighted by Crippen LogP contribution is -2.58. The van der Waals surface area contributed by atoms with Crippen molar-refractivity contribution in [2.24, 2.45) is 5.92 Å². The van der Waals surface area contributed by atoms with Gasteiger partial charge in [0.25, 0.3) is 0 Å². The standard InChI is InChI=1S/C12H20N2O3S/c1-12(2)8-13(3-4-18-12)11(17)14-6-9(7-14)5-10(15)16/h9H,3-8H2,1-2H3,(H,15,16). The number of aliphatic carboxylic acids is 1. The van der Waals surface area contributed by atoms with Crippen molar-refractivity contribution < 1.29 is 14.7 Å². The average Bonchev–Trinajstić information content (AvgIpc) is 2.20. The Hall–Kier alpha value is -0.910. The number of thioether (sulfide) groups is 1. The van der Waals surface area contributed by atoms with Crippen LogP contribution < -0.4 is 0 Å². The lowest BCUT2D eigenvalue weighted by atomic mass is 9.97. The Labute approximate surface area is 112 Å². The molecule has 2 saturated heterocycles. The van der Waals surface area contributed by atoms with Crippen LogP contribution >= 0.6 is 11.8 Å². The number of rotatable bonds is 2. The highest BCUT2D eigenvalue weighted by Crippen LogP contribution is 2.31. The number of carbonyl (C=O) groups excluding carboxylic acids is 1. The second kappa shape index (κ2) is 4.99. The van der Waals surface area contributed by atoms with E-state index >= 15 is 0 Å².